The van der Waals surface area contributed by atoms with Gasteiger partial charge in [0, 0.05) is 38.2 Å². The lowest BCUT2D eigenvalue weighted by atomic mass is 9.87. The van der Waals surface area contributed by atoms with Crippen molar-refractivity contribution in [2.24, 2.45) is 11.8 Å². The Labute approximate surface area is 186 Å². The number of nitrogens with one attached hydrogen (secondary N) is 1. The Morgan fingerprint density at radius 1 is 1.00 bits per heavy atom. The molecule has 3 rings (SSSR count). The zero-order valence-electron chi connectivity index (χ0n) is 19.2. The van der Waals surface area contributed by atoms with Crippen LogP contribution in [-0.2, 0) is 9.59 Å². The van der Waals surface area contributed by atoms with E-state index in [1.807, 2.05) is 34.9 Å². The van der Waals surface area contributed by atoms with Gasteiger partial charge in [-0.15, -0.1) is 0 Å². The molecular formula is C25H37N3O3. The third-order valence-electron chi connectivity index (χ3n) is 6.45. The molecule has 6 heteroatoms. The molecule has 170 valence electrons. The molecule has 0 unspecified atom stereocenters. The van der Waals surface area contributed by atoms with Crippen LogP contribution in [0.1, 0.15) is 68.3 Å². The van der Waals surface area contributed by atoms with E-state index in [9.17, 15) is 14.4 Å². The van der Waals surface area contributed by atoms with Gasteiger partial charge in [0.05, 0.1) is 0 Å². The topological polar surface area (TPSA) is 69.7 Å². The minimum atomic E-state index is -0.534. The van der Waals surface area contributed by atoms with Crippen LogP contribution in [0.2, 0.25) is 0 Å². The Morgan fingerprint density at radius 2 is 1.68 bits per heavy atom. The molecule has 2 fully saturated rings. The lowest BCUT2D eigenvalue weighted by molar-refractivity contribution is -0.137. The van der Waals surface area contributed by atoms with Crippen molar-refractivity contribution in [3.05, 3.63) is 35.4 Å². The van der Waals surface area contributed by atoms with Gasteiger partial charge in [0.15, 0.2) is 0 Å². The smallest absolute Gasteiger partial charge is 0.251 e. The number of carbonyl (C=O) groups excluding carboxylic acids is 3. The van der Waals surface area contributed by atoms with Crippen molar-refractivity contribution in [1.29, 1.82) is 0 Å². The maximum absolute atomic E-state index is 13.4. The molecule has 0 aromatic heterocycles. The highest BCUT2D eigenvalue weighted by Crippen LogP contribution is 2.25. The molecule has 0 saturated carbocycles. The monoisotopic (exact) mass is 427 g/mol. The second-order valence-corrected chi connectivity index (χ2v) is 9.52. The van der Waals surface area contributed by atoms with E-state index in [2.05, 4.69) is 19.2 Å². The number of hydrogen-bond acceptors (Lipinski definition) is 3. The molecule has 3 amide bonds. The SMILES string of the molecule is Cc1cccc(C(=O)N[C@@H](C(=O)N2CCCCC2)C2CCN(C(=O)CC(C)C)CC2)c1. The normalized spacial score (nSPS) is 18.7. The molecule has 2 heterocycles. The summed E-state index contributed by atoms with van der Waals surface area (Å²) in [5.41, 5.74) is 1.60. The molecular weight excluding hydrogens is 390 g/mol. The molecule has 1 aromatic carbocycles. The first-order valence-electron chi connectivity index (χ1n) is 11.8. The molecule has 0 bridgehead atoms. The summed E-state index contributed by atoms with van der Waals surface area (Å²) in [4.78, 5) is 42.7. The zero-order valence-corrected chi connectivity index (χ0v) is 19.2. The minimum absolute atomic E-state index is 0.0349. The highest BCUT2D eigenvalue weighted by atomic mass is 16.2. The van der Waals surface area contributed by atoms with Gasteiger partial charge in [0.2, 0.25) is 11.8 Å². The Kier molecular flexibility index (Phi) is 8.10. The fourth-order valence-electron chi connectivity index (χ4n) is 4.66. The lowest BCUT2D eigenvalue weighted by Gasteiger charge is -2.38. The summed E-state index contributed by atoms with van der Waals surface area (Å²) in [7, 11) is 0. The summed E-state index contributed by atoms with van der Waals surface area (Å²) in [6, 6.07) is 6.93. The number of likely N-dealkylation sites (tertiary alicyclic amines) is 2. The molecule has 31 heavy (non-hydrogen) atoms. The number of aryl methyl sites for hydroxylation is 1. The summed E-state index contributed by atoms with van der Waals surface area (Å²) in [5, 5.41) is 3.07. The van der Waals surface area contributed by atoms with Crippen LogP contribution in [0.4, 0.5) is 0 Å². The lowest BCUT2D eigenvalue weighted by Crippen LogP contribution is -2.55. The van der Waals surface area contributed by atoms with E-state index in [0.29, 0.717) is 31.0 Å². The van der Waals surface area contributed by atoms with E-state index >= 15 is 0 Å². The van der Waals surface area contributed by atoms with Gasteiger partial charge < -0.3 is 15.1 Å². The Hall–Kier alpha value is -2.37. The third-order valence-corrected chi connectivity index (χ3v) is 6.45. The fourth-order valence-corrected chi connectivity index (χ4v) is 4.66. The van der Waals surface area contributed by atoms with Crippen LogP contribution in [0.3, 0.4) is 0 Å². The Bertz CT molecular complexity index is 778. The highest BCUT2D eigenvalue weighted by molar-refractivity contribution is 5.97. The van der Waals surface area contributed by atoms with Gasteiger partial charge >= 0.3 is 0 Å². The van der Waals surface area contributed by atoms with Gasteiger partial charge in [0.1, 0.15) is 6.04 Å². The van der Waals surface area contributed by atoms with E-state index in [1.54, 1.807) is 6.07 Å². The van der Waals surface area contributed by atoms with Crippen LogP contribution in [0, 0.1) is 18.8 Å². The molecule has 1 aromatic rings. The number of carbonyl (C=O) groups is 3. The second-order valence-electron chi connectivity index (χ2n) is 9.52. The number of hydrogen-bond donors (Lipinski definition) is 1. The van der Waals surface area contributed by atoms with Gasteiger partial charge in [-0.3, -0.25) is 14.4 Å². The van der Waals surface area contributed by atoms with Crippen LogP contribution in [0.25, 0.3) is 0 Å². The van der Waals surface area contributed by atoms with Gasteiger partial charge in [-0.05, 0) is 63.0 Å². The largest absolute Gasteiger partial charge is 0.343 e. The zero-order chi connectivity index (χ0) is 22.4. The van der Waals surface area contributed by atoms with Crippen LogP contribution in [0.5, 0.6) is 0 Å². The van der Waals surface area contributed by atoms with Crippen molar-refractivity contribution < 1.29 is 14.4 Å². The predicted octanol–water partition coefficient (Wildman–Crippen LogP) is 3.39. The van der Waals surface area contributed by atoms with Crippen LogP contribution in [0.15, 0.2) is 24.3 Å². The van der Waals surface area contributed by atoms with E-state index in [0.717, 1.165) is 50.8 Å². The maximum Gasteiger partial charge on any atom is 0.251 e. The first-order chi connectivity index (χ1) is 14.8. The van der Waals surface area contributed by atoms with E-state index in [1.165, 1.54) is 0 Å². The summed E-state index contributed by atoms with van der Waals surface area (Å²) < 4.78 is 0. The summed E-state index contributed by atoms with van der Waals surface area (Å²) >= 11 is 0. The molecule has 2 aliphatic rings. The van der Waals surface area contributed by atoms with Crippen molar-refractivity contribution in [2.45, 2.75) is 65.3 Å². The maximum atomic E-state index is 13.4. The quantitative estimate of drug-likeness (QED) is 0.757. The highest BCUT2D eigenvalue weighted by Gasteiger charge is 2.36. The van der Waals surface area contributed by atoms with Crippen molar-refractivity contribution in [2.75, 3.05) is 26.2 Å². The van der Waals surface area contributed by atoms with Crippen LogP contribution < -0.4 is 5.32 Å². The molecule has 6 nitrogen and oxygen atoms in total. The molecule has 0 spiro atoms. The van der Waals surface area contributed by atoms with E-state index in [-0.39, 0.29) is 23.6 Å². The molecule has 1 N–H and O–H groups in total. The molecule has 2 saturated heterocycles. The van der Waals surface area contributed by atoms with Gasteiger partial charge in [-0.2, -0.15) is 0 Å². The van der Waals surface area contributed by atoms with Crippen molar-refractivity contribution in [3.8, 4) is 0 Å². The molecule has 2 aliphatic heterocycles. The first kappa shape index (κ1) is 23.3. The number of benzene rings is 1. The average molecular weight is 428 g/mol. The van der Waals surface area contributed by atoms with Gasteiger partial charge in [-0.25, -0.2) is 0 Å². The van der Waals surface area contributed by atoms with E-state index < -0.39 is 6.04 Å². The van der Waals surface area contributed by atoms with Crippen molar-refractivity contribution in [1.82, 2.24) is 15.1 Å². The van der Waals surface area contributed by atoms with Crippen LogP contribution in [-0.4, -0.2) is 59.7 Å². The molecule has 1 atom stereocenters. The number of nitrogens with zero attached hydrogens (tertiary/aromatic N) is 2. The van der Waals surface area contributed by atoms with Gasteiger partial charge in [0.25, 0.3) is 5.91 Å². The molecule has 0 radical (unpaired) electrons. The third kappa shape index (κ3) is 6.31. The Morgan fingerprint density at radius 3 is 2.29 bits per heavy atom. The second kappa shape index (κ2) is 10.8. The number of amides is 3. The van der Waals surface area contributed by atoms with Crippen molar-refractivity contribution in [3.63, 3.8) is 0 Å². The summed E-state index contributed by atoms with van der Waals surface area (Å²) in [5.74, 6) is 0.416. The van der Waals surface area contributed by atoms with E-state index in [4.69, 9.17) is 0 Å². The van der Waals surface area contributed by atoms with Gasteiger partial charge in [-0.1, -0.05) is 31.5 Å². The average Bonchev–Trinajstić information content (AvgIpc) is 2.77. The predicted molar refractivity (Wildman–Crippen MR) is 122 cm³/mol. The Balaban J connectivity index is 1.71. The first-order valence-corrected chi connectivity index (χ1v) is 11.8. The van der Waals surface area contributed by atoms with Crippen molar-refractivity contribution >= 4 is 17.7 Å². The summed E-state index contributed by atoms with van der Waals surface area (Å²) in [6.45, 7) is 8.90. The summed E-state index contributed by atoms with van der Waals surface area (Å²) in [6.07, 6.45) is 5.23. The van der Waals surface area contributed by atoms with Crippen LogP contribution >= 0.6 is 0 Å². The number of rotatable bonds is 6. The number of piperidine rings is 2. The standard InChI is InChI=1S/C25H37N3O3/c1-18(2)16-22(29)27-14-10-20(11-15-27)23(25(31)28-12-5-4-6-13-28)26-24(30)21-9-7-8-19(3)17-21/h7-9,17-18,20,23H,4-6,10-16H2,1-3H3,(H,26,30)/t23-/m1/s1. The fraction of sp³-hybridized carbons (Fsp3) is 0.640. The molecule has 0 aliphatic carbocycles. The minimum Gasteiger partial charge on any atom is -0.343 e.